The van der Waals surface area contributed by atoms with Crippen LogP contribution >= 0.6 is 0 Å². The summed E-state index contributed by atoms with van der Waals surface area (Å²) in [6.45, 7) is 9.43. The van der Waals surface area contributed by atoms with Crippen LogP contribution in [0.5, 0.6) is 0 Å². The molecule has 116 valence electrons. The Morgan fingerprint density at radius 2 is 2.10 bits per heavy atom. The van der Waals surface area contributed by atoms with Crippen LogP contribution in [0.15, 0.2) is 0 Å². The molecule has 21 heavy (non-hydrogen) atoms. The van der Waals surface area contributed by atoms with Crippen molar-refractivity contribution in [2.24, 2.45) is 0 Å². The summed E-state index contributed by atoms with van der Waals surface area (Å²) in [5, 5.41) is 17.7. The van der Waals surface area contributed by atoms with Crippen LogP contribution in [0.4, 0.5) is 0 Å². The van der Waals surface area contributed by atoms with E-state index >= 15 is 0 Å². The van der Waals surface area contributed by atoms with Crippen LogP contribution in [-0.2, 0) is 13.0 Å². The third-order valence-electron chi connectivity index (χ3n) is 4.73. The highest BCUT2D eigenvalue weighted by Crippen LogP contribution is 2.27. The Bertz CT molecular complexity index is 522. The smallest absolute Gasteiger partial charge is 0.106 e. The van der Waals surface area contributed by atoms with E-state index in [9.17, 15) is 5.26 Å². The van der Waals surface area contributed by atoms with Crippen LogP contribution in [0.1, 0.15) is 62.9 Å². The normalized spacial score (nSPS) is 17.5. The molecule has 1 aliphatic rings. The second-order valence-electron chi connectivity index (χ2n) is 6.30. The lowest BCUT2D eigenvalue weighted by Crippen LogP contribution is -2.44. The highest BCUT2D eigenvalue weighted by molar-refractivity contribution is 5.24. The third kappa shape index (κ3) is 3.65. The quantitative estimate of drug-likeness (QED) is 0.798. The number of nitrogens with zero attached hydrogens (tertiary/aromatic N) is 3. The van der Waals surface area contributed by atoms with Crippen molar-refractivity contribution in [3.05, 3.63) is 17.0 Å². The fourth-order valence-electron chi connectivity index (χ4n) is 3.13. The standard InChI is InChI=1S/C17H28N4/c1-5-16-13(3)20-21(14(16)4)11-7-10-17(6-2,12-18)19-15-8-9-15/h15,19H,5-11H2,1-4H3. The van der Waals surface area contributed by atoms with Crippen LogP contribution in [-0.4, -0.2) is 21.4 Å². The Labute approximate surface area is 128 Å². The predicted octanol–water partition coefficient (Wildman–Crippen LogP) is 3.27. The summed E-state index contributed by atoms with van der Waals surface area (Å²) in [4.78, 5) is 0. The van der Waals surface area contributed by atoms with Gasteiger partial charge in [0, 0.05) is 18.3 Å². The molecule has 1 N–H and O–H groups in total. The van der Waals surface area contributed by atoms with Crippen molar-refractivity contribution in [3.8, 4) is 6.07 Å². The number of hydrogen-bond acceptors (Lipinski definition) is 3. The van der Waals surface area contributed by atoms with Gasteiger partial charge in [-0.3, -0.25) is 10.00 Å². The van der Waals surface area contributed by atoms with E-state index in [2.05, 4.69) is 48.9 Å². The molecule has 0 amide bonds. The summed E-state index contributed by atoms with van der Waals surface area (Å²) in [7, 11) is 0. The maximum Gasteiger partial charge on any atom is 0.106 e. The van der Waals surface area contributed by atoms with Crippen LogP contribution < -0.4 is 5.32 Å². The Kier molecular flexibility index (Phi) is 5.05. The van der Waals surface area contributed by atoms with Crippen molar-refractivity contribution in [2.45, 2.75) is 84.3 Å². The van der Waals surface area contributed by atoms with E-state index in [4.69, 9.17) is 0 Å². The average Bonchev–Trinajstić information content (AvgIpc) is 3.24. The lowest BCUT2D eigenvalue weighted by Gasteiger charge is -2.26. The molecular formula is C17H28N4. The summed E-state index contributed by atoms with van der Waals surface area (Å²) in [6, 6.07) is 3.10. The largest absolute Gasteiger partial charge is 0.297 e. The van der Waals surface area contributed by atoms with Gasteiger partial charge in [-0.25, -0.2) is 0 Å². The molecule has 1 unspecified atom stereocenters. The van der Waals surface area contributed by atoms with E-state index in [1.54, 1.807) is 0 Å². The molecule has 4 heteroatoms. The van der Waals surface area contributed by atoms with Gasteiger partial charge < -0.3 is 0 Å². The second-order valence-corrected chi connectivity index (χ2v) is 6.30. The molecule has 0 aromatic carbocycles. The number of aryl methyl sites for hydroxylation is 2. The summed E-state index contributed by atoms with van der Waals surface area (Å²) in [5.74, 6) is 0. The first-order valence-electron chi connectivity index (χ1n) is 8.27. The van der Waals surface area contributed by atoms with Gasteiger partial charge in [0.25, 0.3) is 0 Å². The Morgan fingerprint density at radius 1 is 1.38 bits per heavy atom. The van der Waals surface area contributed by atoms with E-state index < -0.39 is 0 Å². The first-order valence-corrected chi connectivity index (χ1v) is 8.27. The van der Waals surface area contributed by atoms with E-state index in [0.717, 1.165) is 37.9 Å². The topological polar surface area (TPSA) is 53.6 Å². The lowest BCUT2D eigenvalue weighted by atomic mass is 9.91. The summed E-state index contributed by atoms with van der Waals surface area (Å²) in [6.07, 6.45) is 6.25. The molecule has 0 spiro atoms. The zero-order valence-electron chi connectivity index (χ0n) is 13.9. The van der Waals surface area contributed by atoms with Crippen LogP contribution in [0.25, 0.3) is 0 Å². The van der Waals surface area contributed by atoms with Crippen LogP contribution in [0.3, 0.4) is 0 Å². The molecule has 4 nitrogen and oxygen atoms in total. The molecular weight excluding hydrogens is 260 g/mol. The van der Waals surface area contributed by atoms with Crippen molar-refractivity contribution in [2.75, 3.05) is 0 Å². The Morgan fingerprint density at radius 3 is 2.57 bits per heavy atom. The molecule has 1 aromatic rings. The fourth-order valence-corrected chi connectivity index (χ4v) is 3.13. The van der Waals surface area contributed by atoms with Crippen molar-refractivity contribution in [1.82, 2.24) is 15.1 Å². The van der Waals surface area contributed by atoms with E-state index in [1.807, 2.05) is 0 Å². The van der Waals surface area contributed by atoms with Crippen LogP contribution in [0, 0.1) is 25.2 Å². The molecule has 2 rings (SSSR count). The first-order chi connectivity index (χ1) is 10.0. The van der Waals surface area contributed by atoms with Crippen molar-refractivity contribution >= 4 is 0 Å². The minimum Gasteiger partial charge on any atom is -0.297 e. The predicted molar refractivity (Wildman–Crippen MR) is 85.1 cm³/mol. The molecule has 1 aliphatic carbocycles. The SMILES string of the molecule is CCc1c(C)nn(CCCC(C#N)(CC)NC2CC2)c1C. The highest BCUT2D eigenvalue weighted by Gasteiger charge is 2.34. The van der Waals surface area contributed by atoms with Gasteiger partial charge in [-0.1, -0.05) is 13.8 Å². The van der Waals surface area contributed by atoms with E-state index in [1.165, 1.54) is 24.1 Å². The molecule has 1 heterocycles. The van der Waals surface area contributed by atoms with Gasteiger partial charge in [0.05, 0.1) is 11.8 Å². The molecule has 0 bridgehead atoms. The monoisotopic (exact) mass is 288 g/mol. The van der Waals surface area contributed by atoms with Crippen molar-refractivity contribution < 1.29 is 0 Å². The van der Waals surface area contributed by atoms with E-state index in [0.29, 0.717) is 6.04 Å². The summed E-state index contributed by atoms with van der Waals surface area (Å²) < 4.78 is 2.11. The minimum atomic E-state index is -0.342. The van der Waals surface area contributed by atoms with Crippen molar-refractivity contribution in [3.63, 3.8) is 0 Å². The van der Waals surface area contributed by atoms with Gasteiger partial charge in [0.15, 0.2) is 0 Å². The number of nitriles is 1. The lowest BCUT2D eigenvalue weighted by molar-refractivity contribution is 0.347. The van der Waals surface area contributed by atoms with Gasteiger partial charge >= 0.3 is 0 Å². The zero-order valence-corrected chi connectivity index (χ0v) is 13.9. The molecule has 0 saturated heterocycles. The number of nitrogens with one attached hydrogen (secondary N) is 1. The fraction of sp³-hybridized carbons (Fsp3) is 0.765. The minimum absolute atomic E-state index is 0.342. The third-order valence-corrected chi connectivity index (χ3v) is 4.73. The number of hydrogen-bond donors (Lipinski definition) is 1. The summed E-state index contributed by atoms with van der Waals surface area (Å²) >= 11 is 0. The number of aromatic nitrogens is 2. The first kappa shape index (κ1) is 16.0. The van der Waals surface area contributed by atoms with Gasteiger partial charge in [0.2, 0.25) is 0 Å². The van der Waals surface area contributed by atoms with Gasteiger partial charge in [-0.05, 0) is 57.9 Å². The molecule has 1 aromatic heterocycles. The molecule has 0 radical (unpaired) electrons. The highest BCUT2D eigenvalue weighted by atomic mass is 15.3. The van der Waals surface area contributed by atoms with Crippen LogP contribution in [0.2, 0.25) is 0 Å². The van der Waals surface area contributed by atoms with Gasteiger partial charge in [-0.15, -0.1) is 0 Å². The maximum atomic E-state index is 9.56. The average molecular weight is 288 g/mol. The second kappa shape index (κ2) is 6.62. The Balaban J connectivity index is 1.94. The number of rotatable bonds is 8. The molecule has 1 fully saturated rings. The molecule has 1 atom stereocenters. The molecule has 1 saturated carbocycles. The summed E-state index contributed by atoms with van der Waals surface area (Å²) in [5.41, 5.74) is 3.45. The van der Waals surface area contributed by atoms with Gasteiger partial charge in [0.1, 0.15) is 5.54 Å². The maximum absolute atomic E-state index is 9.56. The Hall–Kier alpha value is -1.34. The van der Waals surface area contributed by atoms with Gasteiger partial charge in [-0.2, -0.15) is 10.4 Å². The molecule has 0 aliphatic heterocycles. The van der Waals surface area contributed by atoms with E-state index in [-0.39, 0.29) is 5.54 Å². The van der Waals surface area contributed by atoms with Crippen molar-refractivity contribution in [1.29, 1.82) is 5.26 Å². The zero-order chi connectivity index (χ0) is 15.5.